The van der Waals surface area contributed by atoms with Crippen LogP contribution in [0, 0.1) is 0 Å². The topological polar surface area (TPSA) is 34.4 Å². The van der Waals surface area contributed by atoms with Gasteiger partial charge in [0.15, 0.2) is 0 Å². The minimum Gasteiger partial charge on any atom is -0.462 e. The highest BCUT2D eigenvalue weighted by molar-refractivity contribution is 5.99. The Balaban J connectivity index is 4.01. The summed E-state index contributed by atoms with van der Waals surface area (Å²) in [6.45, 7) is 3.64. The van der Waals surface area contributed by atoms with E-state index in [2.05, 4.69) is 4.58 Å². The highest BCUT2D eigenvalue weighted by atomic mass is 17.1. The van der Waals surface area contributed by atoms with Crippen molar-refractivity contribution in [1.82, 2.24) is 0 Å². The fourth-order valence-corrected chi connectivity index (χ4v) is 0.440. The summed E-state index contributed by atoms with van der Waals surface area (Å²) in [6, 6.07) is 0. The first-order valence-corrected chi connectivity index (χ1v) is 2.77. The predicted octanol–water partition coefficient (Wildman–Crippen LogP) is 0.519. The van der Waals surface area contributed by atoms with Gasteiger partial charge in [0.2, 0.25) is 0 Å². The average Bonchev–Trinajstić information content (AvgIpc) is 1.88. The van der Waals surface area contributed by atoms with Gasteiger partial charge in [0, 0.05) is 12.2 Å². The van der Waals surface area contributed by atoms with Crippen molar-refractivity contribution in [3.8, 4) is 0 Å². The van der Waals surface area contributed by atoms with E-state index in [9.17, 15) is 5.26 Å². The molecule has 50 valence electrons. The van der Waals surface area contributed by atoms with Crippen LogP contribution in [0.25, 0.3) is 0 Å². The summed E-state index contributed by atoms with van der Waals surface area (Å²) in [7, 11) is 0. The third-order valence-electron chi connectivity index (χ3n) is 0.758. The minimum absolute atomic E-state index is 0.333. The summed E-state index contributed by atoms with van der Waals surface area (Å²) in [6.07, 6.45) is 6.69. The lowest BCUT2D eigenvalue weighted by Gasteiger charge is -1.75. The Labute approximate surface area is 54.8 Å². The molecular formula is C7H10O2. The van der Waals surface area contributed by atoms with Crippen molar-refractivity contribution in [2.45, 2.75) is 13.8 Å². The van der Waals surface area contributed by atoms with Crippen LogP contribution in [0.2, 0.25) is 0 Å². The van der Waals surface area contributed by atoms with Gasteiger partial charge in [-0.25, -0.2) is 0 Å². The lowest BCUT2D eigenvalue weighted by Crippen LogP contribution is -2.04. The summed E-state index contributed by atoms with van der Waals surface area (Å²) in [5.74, 6) is 0.333. The van der Waals surface area contributed by atoms with E-state index in [1.807, 2.05) is 13.8 Å². The SMILES string of the molecule is C/C=C\C(/C=C\C)=[O+][O-]. The zero-order chi connectivity index (χ0) is 7.11. The zero-order valence-electron chi connectivity index (χ0n) is 5.63. The molecule has 0 aliphatic rings. The smallest absolute Gasteiger partial charge is 0.375 e. The fourth-order valence-electron chi connectivity index (χ4n) is 0.440. The Morgan fingerprint density at radius 3 is 1.89 bits per heavy atom. The maximum Gasteiger partial charge on any atom is 0.375 e. The van der Waals surface area contributed by atoms with Crippen LogP contribution in [0.5, 0.6) is 0 Å². The van der Waals surface area contributed by atoms with E-state index in [0.29, 0.717) is 5.78 Å². The maximum absolute atomic E-state index is 9.77. The Hall–Kier alpha value is -1.05. The normalized spacial score (nSPS) is 10.9. The van der Waals surface area contributed by atoms with Crippen LogP contribution in [0.1, 0.15) is 13.8 Å². The van der Waals surface area contributed by atoms with Gasteiger partial charge in [0.25, 0.3) is 0 Å². The molecule has 0 rings (SSSR count). The highest BCUT2D eigenvalue weighted by Gasteiger charge is 1.95. The van der Waals surface area contributed by atoms with Gasteiger partial charge in [-0.1, -0.05) is 12.2 Å². The van der Waals surface area contributed by atoms with Crippen LogP contribution in [0.4, 0.5) is 0 Å². The Kier molecular flexibility index (Phi) is 4.50. The number of ketones is 1. The number of hydrogen-bond donors (Lipinski definition) is 0. The van der Waals surface area contributed by atoms with Gasteiger partial charge < -0.3 is 5.26 Å². The lowest BCUT2D eigenvalue weighted by molar-refractivity contribution is -1.05. The molecular weight excluding hydrogens is 116 g/mol. The second-order valence-corrected chi connectivity index (χ2v) is 1.49. The summed E-state index contributed by atoms with van der Waals surface area (Å²) >= 11 is 0. The zero-order valence-corrected chi connectivity index (χ0v) is 5.63. The van der Waals surface area contributed by atoms with Crippen molar-refractivity contribution in [2.75, 3.05) is 0 Å². The molecule has 0 bridgehead atoms. The third-order valence-corrected chi connectivity index (χ3v) is 0.758. The summed E-state index contributed by atoms with van der Waals surface area (Å²) in [4.78, 5) is 0. The lowest BCUT2D eigenvalue weighted by atomic mass is 10.3. The van der Waals surface area contributed by atoms with E-state index < -0.39 is 0 Å². The van der Waals surface area contributed by atoms with E-state index in [0.717, 1.165) is 0 Å². The van der Waals surface area contributed by atoms with Gasteiger partial charge in [-0.3, -0.25) is 0 Å². The van der Waals surface area contributed by atoms with Gasteiger partial charge in [0.05, 0.1) is 0 Å². The second kappa shape index (κ2) is 5.09. The molecule has 2 nitrogen and oxygen atoms in total. The quantitative estimate of drug-likeness (QED) is 0.230. The molecule has 0 fully saturated rings. The van der Waals surface area contributed by atoms with Crippen molar-refractivity contribution in [3.05, 3.63) is 24.3 Å². The molecule has 0 aromatic carbocycles. The molecule has 0 atom stereocenters. The molecule has 9 heavy (non-hydrogen) atoms. The monoisotopic (exact) mass is 126 g/mol. The number of carbonyl (C=O) groups excluding carboxylic acids is 1. The summed E-state index contributed by atoms with van der Waals surface area (Å²) < 4.78 is 3.72. The summed E-state index contributed by atoms with van der Waals surface area (Å²) in [5, 5.41) is 9.77. The first-order chi connectivity index (χ1) is 4.35. The van der Waals surface area contributed by atoms with Gasteiger partial charge in [0.1, 0.15) is 0 Å². The van der Waals surface area contributed by atoms with Crippen LogP contribution in [-0.2, 0) is 4.58 Å². The molecule has 0 spiro atoms. The molecule has 0 aliphatic carbocycles. The van der Waals surface area contributed by atoms with Gasteiger partial charge >= 0.3 is 5.78 Å². The maximum atomic E-state index is 9.77. The van der Waals surface area contributed by atoms with E-state index in [1.165, 1.54) is 0 Å². The predicted molar refractivity (Wildman–Crippen MR) is 34.6 cm³/mol. The van der Waals surface area contributed by atoms with E-state index >= 15 is 0 Å². The van der Waals surface area contributed by atoms with E-state index in [-0.39, 0.29) is 0 Å². The van der Waals surface area contributed by atoms with Crippen LogP contribution in [0.15, 0.2) is 24.3 Å². The van der Waals surface area contributed by atoms with Gasteiger partial charge in [-0.2, -0.15) is 4.58 Å². The van der Waals surface area contributed by atoms with Crippen molar-refractivity contribution >= 4 is 5.78 Å². The van der Waals surface area contributed by atoms with Crippen LogP contribution < -0.4 is 5.26 Å². The minimum atomic E-state index is 0.333. The van der Waals surface area contributed by atoms with Crippen molar-refractivity contribution in [1.29, 1.82) is 0 Å². The van der Waals surface area contributed by atoms with Crippen molar-refractivity contribution in [2.24, 2.45) is 0 Å². The van der Waals surface area contributed by atoms with E-state index in [1.54, 1.807) is 24.3 Å². The molecule has 0 heterocycles. The number of allylic oxidation sites excluding steroid dienone is 4. The van der Waals surface area contributed by atoms with Gasteiger partial charge in [-0.15, -0.1) is 0 Å². The summed E-state index contributed by atoms with van der Waals surface area (Å²) in [5.41, 5.74) is 0. The van der Waals surface area contributed by atoms with Gasteiger partial charge in [-0.05, 0) is 13.8 Å². The molecule has 0 N–H and O–H groups in total. The Morgan fingerprint density at radius 2 is 1.67 bits per heavy atom. The number of hydrogen-bond acceptors (Lipinski definition) is 1. The van der Waals surface area contributed by atoms with Crippen LogP contribution in [-0.4, -0.2) is 5.78 Å². The molecule has 0 saturated carbocycles. The van der Waals surface area contributed by atoms with Crippen LogP contribution >= 0.6 is 0 Å². The van der Waals surface area contributed by atoms with E-state index in [4.69, 9.17) is 0 Å². The number of rotatable bonds is 2. The molecule has 0 aromatic rings. The highest BCUT2D eigenvalue weighted by Crippen LogP contribution is 1.79. The molecule has 0 amide bonds. The van der Waals surface area contributed by atoms with Crippen molar-refractivity contribution < 1.29 is 9.83 Å². The average molecular weight is 126 g/mol. The fraction of sp³-hybridized carbons (Fsp3) is 0.286. The molecule has 0 aliphatic heterocycles. The molecule has 0 radical (unpaired) electrons. The third kappa shape index (κ3) is 3.53. The second-order valence-electron chi connectivity index (χ2n) is 1.49. The molecule has 0 aromatic heterocycles. The Bertz CT molecular complexity index is 129. The molecule has 0 saturated heterocycles. The largest absolute Gasteiger partial charge is 0.462 e. The first-order valence-electron chi connectivity index (χ1n) is 2.77. The first kappa shape index (κ1) is 7.95. The molecule has 0 unspecified atom stereocenters. The standard InChI is InChI=1S/C7H10O2/c1-3-5-7(9-8)6-4-2/h3-6H,1-2H3/b5-3-,6-4-. The molecule has 2 heteroatoms. The Morgan fingerprint density at radius 1 is 1.22 bits per heavy atom. The van der Waals surface area contributed by atoms with Crippen LogP contribution in [0.3, 0.4) is 0 Å². The van der Waals surface area contributed by atoms with Crippen molar-refractivity contribution in [3.63, 3.8) is 0 Å².